The van der Waals surface area contributed by atoms with Gasteiger partial charge in [-0.3, -0.25) is 4.90 Å². The second-order valence-electron chi connectivity index (χ2n) is 7.46. The molecule has 2 aliphatic rings. The smallest absolute Gasteiger partial charge is 0.0110 e. The van der Waals surface area contributed by atoms with Gasteiger partial charge in [-0.25, -0.2) is 0 Å². The minimum Gasteiger partial charge on any atom is -0.306 e. The Morgan fingerprint density at radius 3 is 2.10 bits per heavy atom. The Balaban J connectivity index is 1.60. The van der Waals surface area contributed by atoms with Crippen LogP contribution in [0.1, 0.15) is 26.7 Å². The molecule has 0 aliphatic carbocycles. The first-order valence-corrected chi connectivity index (χ1v) is 8.88. The van der Waals surface area contributed by atoms with Crippen LogP contribution in [0.5, 0.6) is 0 Å². The summed E-state index contributed by atoms with van der Waals surface area (Å²) in [5.74, 6) is 0.944. The van der Waals surface area contributed by atoms with Crippen molar-refractivity contribution in [1.82, 2.24) is 19.6 Å². The fourth-order valence-electron chi connectivity index (χ4n) is 3.36. The van der Waals surface area contributed by atoms with Gasteiger partial charge in [-0.2, -0.15) is 0 Å². The van der Waals surface area contributed by atoms with Gasteiger partial charge in [0.2, 0.25) is 0 Å². The van der Waals surface area contributed by atoms with Gasteiger partial charge in [0.1, 0.15) is 0 Å². The van der Waals surface area contributed by atoms with Crippen LogP contribution < -0.4 is 0 Å². The number of likely N-dealkylation sites (tertiary alicyclic amines) is 1. The lowest BCUT2D eigenvalue weighted by Crippen LogP contribution is -2.50. The van der Waals surface area contributed by atoms with Gasteiger partial charge in [0.05, 0.1) is 0 Å². The van der Waals surface area contributed by atoms with Crippen LogP contribution in [0.15, 0.2) is 0 Å². The molecule has 21 heavy (non-hydrogen) atoms. The summed E-state index contributed by atoms with van der Waals surface area (Å²) in [6, 6.07) is 0.663. The molecule has 0 N–H and O–H groups in total. The van der Waals surface area contributed by atoms with Crippen LogP contribution in [0.3, 0.4) is 0 Å². The number of nitrogens with zero attached hydrogens (tertiary/aromatic N) is 4. The van der Waals surface area contributed by atoms with E-state index in [4.69, 9.17) is 0 Å². The first-order valence-electron chi connectivity index (χ1n) is 8.88. The quantitative estimate of drug-likeness (QED) is 0.732. The van der Waals surface area contributed by atoms with Crippen molar-refractivity contribution in [3.05, 3.63) is 0 Å². The number of hydrogen-bond acceptors (Lipinski definition) is 4. The van der Waals surface area contributed by atoms with Gasteiger partial charge in [0, 0.05) is 51.9 Å². The van der Waals surface area contributed by atoms with Crippen LogP contribution in [-0.4, -0.2) is 98.6 Å². The van der Waals surface area contributed by atoms with E-state index in [9.17, 15) is 0 Å². The average Bonchev–Trinajstić information content (AvgIpc) is 2.48. The van der Waals surface area contributed by atoms with E-state index in [-0.39, 0.29) is 0 Å². The third kappa shape index (κ3) is 5.85. The lowest BCUT2D eigenvalue weighted by Gasteiger charge is -2.38. The molecule has 124 valence electrons. The van der Waals surface area contributed by atoms with Crippen molar-refractivity contribution in [1.29, 1.82) is 0 Å². The molecule has 0 unspecified atom stereocenters. The van der Waals surface area contributed by atoms with Crippen molar-refractivity contribution in [2.24, 2.45) is 5.92 Å². The Morgan fingerprint density at radius 1 is 0.952 bits per heavy atom. The summed E-state index contributed by atoms with van der Waals surface area (Å²) >= 11 is 0. The summed E-state index contributed by atoms with van der Waals surface area (Å²) in [5, 5.41) is 0. The topological polar surface area (TPSA) is 13.0 Å². The van der Waals surface area contributed by atoms with Gasteiger partial charge in [-0.1, -0.05) is 0 Å². The van der Waals surface area contributed by atoms with Crippen LogP contribution in [0.25, 0.3) is 0 Å². The highest BCUT2D eigenvalue weighted by atomic mass is 15.3. The molecule has 0 radical (unpaired) electrons. The van der Waals surface area contributed by atoms with E-state index in [2.05, 4.69) is 47.5 Å². The maximum Gasteiger partial charge on any atom is 0.0110 e. The van der Waals surface area contributed by atoms with E-state index in [0.29, 0.717) is 6.04 Å². The van der Waals surface area contributed by atoms with Crippen LogP contribution in [0.4, 0.5) is 0 Å². The van der Waals surface area contributed by atoms with E-state index in [1.807, 2.05) is 0 Å². The molecular weight excluding hydrogens is 260 g/mol. The maximum atomic E-state index is 2.71. The van der Waals surface area contributed by atoms with Crippen molar-refractivity contribution >= 4 is 0 Å². The van der Waals surface area contributed by atoms with Gasteiger partial charge in [0.15, 0.2) is 0 Å². The zero-order valence-electron chi connectivity index (χ0n) is 14.7. The number of piperidine rings is 1. The molecular formula is C17H36N4. The summed E-state index contributed by atoms with van der Waals surface area (Å²) in [4.78, 5) is 10.3. The molecule has 2 fully saturated rings. The minimum absolute atomic E-state index is 0.663. The molecule has 0 aromatic rings. The van der Waals surface area contributed by atoms with Crippen LogP contribution in [0.2, 0.25) is 0 Å². The summed E-state index contributed by atoms with van der Waals surface area (Å²) in [6.07, 6.45) is 2.80. The molecule has 2 aliphatic heterocycles. The Morgan fingerprint density at radius 2 is 1.52 bits per heavy atom. The lowest BCUT2D eigenvalue weighted by atomic mass is 9.96. The van der Waals surface area contributed by atoms with E-state index < -0.39 is 0 Å². The average molecular weight is 297 g/mol. The van der Waals surface area contributed by atoms with E-state index in [1.54, 1.807) is 0 Å². The molecule has 4 nitrogen and oxygen atoms in total. The highest BCUT2D eigenvalue weighted by Crippen LogP contribution is 2.18. The van der Waals surface area contributed by atoms with Crippen molar-refractivity contribution in [2.45, 2.75) is 32.7 Å². The number of hydrogen-bond donors (Lipinski definition) is 0. The minimum atomic E-state index is 0.663. The number of piperazine rings is 1. The van der Waals surface area contributed by atoms with E-state index in [0.717, 1.165) is 5.92 Å². The lowest BCUT2D eigenvalue weighted by molar-refractivity contribution is 0.0924. The normalized spacial score (nSPS) is 24.3. The predicted molar refractivity (Wildman–Crippen MR) is 90.9 cm³/mol. The first-order chi connectivity index (χ1) is 10.0. The molecule has 0 amide bonds. The first kappa shape index (κ1) is 17.2. The summed E-state index contributed by atoms with van der Waals surface area (Å²) in [5.41, 5.74) is 0. The molecule has 0 aromatic carbocycles. The Kier molecular flexibility index (Phi) is 6.93. The third-order valence-corrected chi connectivity index (χ3v) is 5.47. The highest BCUT2D eigenvalue weighted by Gasteiger charge is 2.22. The largest absolute Gasteiger partial charge is 0.306 e. The van der Waals surface area contributed by atoms with Crippen LogP contribution in [0, 0.1) is 5.92 Å². The molecule has 0 bridgehead atoms. The molecule has 2 saturated heterocycles. The second kappa shape index (κ2) is 8.47. The molecule has 0 spiro atoms. The van der Waals surface area contributed by atoms with Crippen molar-refractivity contribution in [3.63, 3.8) is 0 Å². The molecule has 0 atom stereocenters. The maximum absolute atomic E-state index is 2.71. The summed E-state index contributed by atoms with van der Waals surface area (Å²) in [7, 11) is 4.49. The van der Waals surface area contributed by atoms with Gasteiger partial charge in [-0.05, 0) is 59.8 Å². The summed E-state index contributed by atoms with van der Waals surface area (Å²) < 4.78 is 0. The van der Waals surface area contributed by atoms with Crippen molar-refractivity contribution in [3.8, 4) is 0 Å². The second-order valence-corrected chi connectivity index (χ2v) is 7.46. The van der Waals surface area contributed by atoms with E-state index >= 15 is 0 Å². The molecule has 0 saturated carbocycles. The molecule has 2 rings (SSSR count). The zero-order chi connectivity index (χ0) is 15.2. The third-order valence-electron chi connectivity index (χ3n) is 5.47. The monoisotopic (exact) mass is 296 g/mol. The molecule has 0 aromatic heterocycles. The van der Waals surface area contributed by atoms with Gasteiger partial charge in [-0.15, -0.1) is 0 Å². The van der Waals surface area contributed by atoms with E-state index in [1.165, 1.54) is 71.7 Å². The Bertz CT molecular complexity index is 279. The van der Waals surface area contributed by atoms with Crippen molar-refractivity contribution in [2.75, 3.05) is 73.0 Å². The highest BCUT2D eigenvalue weighted by molar-refractivity contribution is 4.78. The number of likely N-dealkylation sites (N-methyl/N-ethyl adjacent to an activating group) is 1. The van der Waals surface area contributed by atoms with Gasteiger partial charge < -0.3 is 14.7 Å². The standard InChI is InChI=1S/C17H36N4/c1-16(2)19(4)9-10-20-11-13-21(14-12-20)15-17-5-7-18(3)8-6-17/h16-17H,5-15H2,1-4H3. The van der Waals surface area contributed by atoms with Crippen LogP contribution in [-0.2, 0) is 0 Å². The Hall–Kier alpha value is -0.160. The SMILES string of the molecule is CC(C)N(C)CCN1CCN(CC2CCN(C)CC2)CC1. The molecule has 2 heterocycles. The zero-order valence-corrected chi connectivity index (χ0v) is 14.7. The fraction of sp³-hybridized carbons (Fsp3) is 1.00. The predicted octanol–water partition coefficient (Wildman–Crippen LogP) is 1.29. The van der Waals surface area contributed by atoms with Crippen LogP contribution >= 0.6 is 0 Å². The van der Waals surface area contributed by atoms with Gasteiger partial charge >= 0.3 is 0 Å². The summed E-state index contributed by atoms with van der Waals surface area (Å²) in [6.45, 7) is 16.0. The number of rotatable bonds is 6. The molecule has 4 heteroatoms. The Labute approximate surface area is 132 Å². The van der Waals surface area contributed by atoms with Gasteiger partial charge in [0.25, 0.3) is 0 Å². The fourth-order valence-corrected chi connectivity index (χ4v) is 3.36. The van der Waals surface area contributed by atoms with Crippen molar-refractivity contribution < 1.29 is 0 Å².